The zero-order valence-electron chi connectivity index (χ0n) is 27.3. The summed E-state index contributed by atoms with van der Waals surface area (Å²) < 4.78 is 35.0. The number of rotatable bonds is 8. The molecule has 3 aromatic rings. The third kappa shape index (κ3) is 6.52. The van der Waals surface area contributed by atoms with E-state index in [1.165, 1.54) is 24.3 Å². The zero-order chi connectivity index (χ0) is 37.8. The average Bonchev–Trinajstić information content (AvgIpc) is 3.13. The summed E-state index contributed by atoms with van der Waals surface area (Å²) in [5.41, 5.74) is -2.04. The maximum atomic E-state index is 13.9. The molecule has 0 saturated carbocycles. The predicted molar refractivity (Wildman–Crippen MR) is 170 cm³/mol. The minimum absolute atomic E-state index is 0.112. The summed E-state index contributed by atoms with van der Waals surface area (Å²) >= 11 is 0. The molecular weight excluding hydrogens is 700 g/mol. The van der Waals surface area contributed by atoms with Crippen LogP contribution in [0.1, 0.15) is 23.3 Å². The summed E-state index contributed by atoms with van der Waals surface area (Å²) in [5.74, 6) is -1.63. The number of methoxy groups -OCH3 is 1. The number of aliphatic hydroxyl groups excluding tert-OH is 10. The Kier molecular flexibility index (Phi) is 11.1. The Labute approximate surface area is 293 Å². The number of hydrogen-bond donors (Lipinski definition) is 12. The molecule has 12 N–H and O–H groups in total. The number of aliphatic hydroxyl groups is 10. The van der Waals surface area contributed by atoms with Crippen LogP contribution >= 0.6 is 0 Å². The molecule has 0 bridgehead atoms. The molecule has 0 aliphatic carbocycles. The van der Waals surface area contributed by atoms with Gasteiger partial charge in [-0.15, -0.1) is 0 Å². The summed E-state index contributed by atoms with van der Waals surface area (Å²) in [6.07, 6.45) is -25.2. The van der Waals surface area contributed by atoms with Crippen LogP contribution < -0.4 is 10.2 Å². The molecule has 0 amide bonds. The number of ether oxygens (including phenoxy) is 5. The van der Waals surface area contributed by atoms with Crippen LogP contribution in [0.2, 0.25) is 0 Å². The number of aromatic hydroxyl groups is 2. The van der Waals surface area contributed by atoms with Gasteiger partial charge in [0.25, 0.3) is 0 Å². The van der Waals surface area contributed by atoms with Gasteiger partial charge in [-0.3, -0.25) is 4.79 Å². The third-order valence-corrected chi connectivity index (χ3v) is 9.60. The van der Waals surface area contributed by atoms with E-state index in [2.05, 4.69) is 0 Å². The van der Waals surface area contributed by atoms with Gasteiger partial charge in [-0.25, -0.2) is 0 Å². The highest BCUT2D eigenvalue weighted by atomic mass is 16.7. The van der Waals surface area contributed by atoms with Crippen LogP contribution in [0.15, 0.2) is 39.5 Å². The average molecular weight is 741 g/mol. The molecule has 0 spiro atoms. The molecule has 14 atom stereocenters. The van der Waals surface area contributed by atoms with Gasteiger partial charge in [0.1, 0.15) is 108 Å². The van der Waals surface area contributed by atoms with E-state index in [0.29, 0.717) is 0 Å². The molecule has 286 valence electrons. The molecule has 3 saturated heterocycles. The lowest BCUT2D eigenvalue weighted by molar-refractivity contribution is -0.325. The summed E-state index contributed by atoms with van der Waals surface area (Å²) in [6, 6.07) is 6.42. The van der Waals surface area contributed by atoms with Gasteiger partial charge in [-0.1, -0.05) is 0 Å². The second-order valence-electron chi connectivity index (χ2n) is 12.8. The highest BCUT2D eigenvalue weighted by Gasteiger charge is 2.53. The van der Waals surface area contributed by atoms with Crippen LogP contribution in [0, 0.1) is 0 Å². The molecule has 19 nitrogen and oxygen atoms in total. The van der Waals surface area contributed by atoms with Gasteiger partial charge >= 0.3 is 0 Å². The minimum Gasteiger partial charge on any atom is -0.508 e. The normalized spacial score (nSPS) is 36.9. The topological polar surface area (TPSA) is 319 Å². The van der Waals surface area contributed by atoms with Crippen molar-refractivity contribution in [3.63, 3.8) is 0 Å². The Morgan fingerprint density at radius 2 is 1.37 bits per heavy atom. The van der Waals surface area contributed by atoms with E-state index in [9.17, 15) is 66.1 Å². The van der Waals surface area contributed by atoms with Gasteiger partial charge in [0.2, 0.25) is 0 Å². The molecule has 1 aromatic heterocycles. The standard InChI is InChI=1S/C33H40O19/c1-47-28-18(30-26(45)24(43)21(40)15(7-34)50-30)23(42)17-12(37)6-14(10-2-4-11(36)5-3-10)49-29(17)19(28)31-32(25(44)22(41)16(8-35)51-31)52-33-27(46)20(39)13(38)9-48-33/h2-6,13,15-16,20-22,24-27,30-36,38-46H,7-9H2,1H3. The highest BCUT2D eigenvalue weighted by Crippen LogP contribution is 2.52. The monoisotopic (exact) mass is 740 g/mol. The lowest BCUT2D eigenvalue weighted by Crippen LogP contribution is -2.60. The van der Waals surface area contributed by atoms with E-state index in [4.69, 9.17) is 28.1 Å². The Bertz CT molecular complexity index is 1780. The number of hydrogen-bond acceptors (Lipinski definition) is 19. The van der Waals surface area contributed by atoms with Crippen LogP contribution in [0.3, 0.4) is 0 Å². The first-order chi connectivity index (χ1) is 24.7. The zero-order valence-corrected chi connectivity index (χ0v) is 27.3. The van der Waals surface area contributed by atoms with Gasteiger partial charge in [0.05, 0.1) is 38.1 Å². The first-order valence-corrected chi connectivity index (χ1v) is 16.2. The van der Waals surface area contributed by atoms with Crippen LogP contribution in [0.5, 0.6) is 17.2 Å². The molecule has 2 aromatic carbocycles. The van der Waals surface area contributed by atoms with Gasteiger partial charge in [0, 0.05) is 11.6 Å². The van der Waals surface area contributed by atoms with Gasteiger partial charge in [-0.05, 0) is 24.3 Å². The fourth-order valence-electron chi connectivity index (χ4n) is 6.78. The fraction of sp³-hybridized carbons (Fsp3) is 0.545. The number of phenolic OH excluding ortho intramolecular Hbond substituents is 2. The Morgan fingerprint density at radius 3 is 1.98 bits per heavy atom. The quantitative estimate of drug-likeness (QED) is 0.106. The van der Waals surface area contributed by atoms with Crippen LogP contribution in [-0.2, 0) is 18.9 Å². The first kappa shape index (κ1) is 38.2. The van der Waals surface area contributed by atoms with Gasteiger partial charge in [-0.2, -0.15) is 0 Å². The molecule has 14 unspecified atom stereocenters. The molecular formula is C33H40O19. The van der Waals surface area contributed by atoms with Crippen molar-refractivity contribution in [2.45, 2.75) is 85.6 Å². The van der Waals surface area contributed by atoms with Gasteiger partial charge in [0.15, 0.2) is 17.3 Å². The van der Waals surface area contributed by atoms with Crippen molar-refractivity contribution in [1.29, 1.82) is 0 Å². The van der Waals surface area contributed by atoms with Crippen molar-refractivity contribution >= 4 is 11.0 Å². The van der Waals surface area contributed by atoms with E-state index in [0.717, 1.165) is 13.2 Å². The maximum Gasteiger partial charge on any atom is 0.197 e. The van der Waals surface area contributed by atoms with Crippen molar-refractivity contribution < 1.29 is 89.4 Å². The minimum atomic E-state index is -2.03. The lowest BCUT2D eigenvalue weighted by Gasteiger charge is -2.45. The summed E-state index contributed by atoms with van der Waals surface area (Å²) in [7, 11) is 1.08. The largest absolute Gasteiger partial charge is 0.508 e. The van der Waals surface area contributed by atoms with Crippen LogP contribution in [0.4, 0.5) is 0 Å². The first-order valence-electron chi connectivity index (χ1n) is 16.2. The number of phenols is 2. The molecule has 3 aliphatic rings. The molecule has 52 heavy (non-hydrogen) atoms. The van der Waals surface area contributed by atoms with E-state index >= 15 is 0 Å². The van der Waals surface area contributed by atoms with Crippen molar-refractivity contribution in [1.82, 2.24) is 0 Å². The molecule has 6 rings (SSSR count). The predicted octanol–water partition coefficient (Wildman–Crippen LogP) is -3.63. The summed E-state index contributed by atoms with van der Waals surface area (Å²) in [4.78, 5) is 13.9. The lowest BCUT2D eigenvalue weighted by atomic mass is 9.84. The van der Waals surface area contributed by atoms with E-state index in [1.807, 2.05) is 0 Å². The van der Waals surface area contributed by atoms with Crippen LogP contribution in [-0.4, -0.2) is 162 Å². The third-order valence-electron chi connectivity index (χ3n) is 9.60. The smallest absolute Gasteiger partial charge is 0.197 e. The van der Waals surface area contributed by atoms with E-state index in [-0.39, 0.29) is 22.6 Å². The van der Waals surface area contributed by atoms with Crippen molar-refractivity contribution in [3.8, 4) is 28.6 Å². The fourth-order valence-corrected chi connectivity index (χ4v) is 6.78. The number of benzene rings is 2. The second-order valence-corrected chi connectivity index (χ2v) is 12.8. The SMILES string of the molecule is COc1c(C2OC(CO)C(O)C(O)C2O)c(O)c2c(=O)cc(-c3ccc(O)cc3)oc2c1C1OC(CO)C(O)C(O)C1OC1OCC(O)C(O)C1O. The number of fused-ring (bicyclic) bond motifs is 1. The Balaban J connectivity index is 1.64. The van der Waals surface area contributed by atoms with E-state index in [1.54, 1.807) is 0 Å². The summed E-state index contributed by atoms with van der Waals surface area (Å²) in [5, 5.41) is 127. The Hall–Kier alpha value is -3.51. The molecule has 19 heteroatoms. The van der Waals surface area contributed by atoms with Gasteiger partial charge < -0.3 is 89.4 Å². The summed E-state index contributed by atoms with van der Waals surface area (Å²) in [6.45, 7) is -2.29. The molecule has 3 fully saturated rings. The van der Waals surface area contributed by atoms with Crippen LogP contribution in [0.25, 0.3) is 22.3 Å². The van der Waals surface area contributed by atoms with Crippen molar-refractivity contribution in [2.75, 3.05) is 26.9 Å². The highest BCUT2D eigenvalue weighted by molar-refractivity contribution is 5.92. The molecule has 0 radical (unpaired) electrons. The van der Waals surface area contributed by atoms with Crippen molar-refractivity contribution in [3.05, 3.63) is 51.7 Å². The maximum absolute atomic E-state index is 13.9. The molecule has 3 aliphatic heterocycles. The van der Waals surface area contributed by atoms with Crippen molar-refractivity contribution in [2.24, 2.45) is 0 Å². The molecule has 4 heterocycles. The Morgan fingerprint density at radius 1 is 0.750 bits per heavy atom. The van der Waals surface area contributed by atoms with E-state index < -0.39 is 139 Å². The second kappa shape index (κ2) is 15.1.